The van der Waals surface area contributed by atoms with Crippen molar-refractivity contribution in [3.63, 3.8) is 0 Å². The molecule has 1 aliphatic heterocycles. The maximum Gasteiger partial charge on any atom is 0.258 e. The molecule has 0 unspecified atom stereocenters. The van der Waals surface area contributed by atoms with Crippen molar-refractivity contribution in [1.29, 1.82) is 0 Å². The Bertz CT molecular complexity index is 1400. The summed E-state index contributed by atoms with van der Waals surface area (Å²) in [6, 6.07) is 12.0. The zero-order valence-corrected chi connectivity index (χ0v) is 23.4. The predicted octanol–water partition coefficient (Wildman–Crippen LogP) is 3.28. The summed E-state index contributed by atoms with van der Waals surface area (Å²) in [5.41, 5.74) is 0.858. The highest BCUT2D eigenvalue weighted by atomic mass is 32.2. The second-order valence-electron chi connectivity index (χ2n) is 9.68. The standard InChI is InChI=1S/C26H34FN3O5S2/c1-19-8-6-7-9-22(19)23-18-21(29(3)4)10-11-24(23)37(34,35)30-15-13-26(27,14-16-30)25(31)28-20(2)12-17-36(5,32)33/h6-12,17-18,20H,13-16H2,1-5H3,(H,28,31)/b17-12-/t20-/m1/s1. The van der Waals surface area contributed by atoms with E-state index >= 15 is 4.39 Å². The molecule has 202 valence electrons. The molecule has 0 radical (unpaired) electrons. The van der Waals surface area contributed by atoms with Gasteiger partial charge in [-0.25, -0.2) is 21.2 Å². The SMILES string of the molecule is Cc1ccccc1-c1cc(N(C)C)ccc1S(=O)(=O)N1CCC(F)(C(=O)N[C@H](C)/C=C\S(C)(=O)=O)CC1. The number of amides is 1. The molecule has 0 aromatic heterocycles. The second-order valence-corrected chi connectivity index (χ2v) is 13.5. The molecule has 0 spiro atoms. The number of aryl methyl sites for hydroxylation is 1. The normalized spacial score (nSPS) is 17.5. The second kappa shape index (κ2) is 10.9. The Hall–Kier alpha value is -2.76. The Morgan fingerprint density at radius 2 is 1.70 bits per heavy atom. The minimum Gasteiger partial charge on any atom is -0.378 e. The van der Waals surface area contributed by atoms with Crippen LogP contribution in [0.15, 0.2) is 58.8 Å². The Morgan fingerprint density at radius 1 is 1.08 bits per heavy atom. The highest BCUT2D eigenvalue weighted by Gasteiger charge is 2.45. The molecule has 2 aromatic carbocycles. The number of sulfonamides is 1. The van der Waals surface area contributed by atoms with E-state index in [9.17, 15) is 21.6 Å². The molecular weight excluding hydrogens is 517 g/mol. The molecule has 1 heterocycles. The van der Waals surface area contributed by atoms with Crippen LogP contribution < -0.4 is 10.2 Å². The van der Waals surface area contributed by atoms with Crippen LogP contribution >= 0.6 is 0 Å². The summed E-state index contributed by atoms with van der Waals surface area (Å²) < 4.78 is 66.8. The summed E-state index contributed by atoms with van der Waals surface area (Å²) in [4.78, 5) is 14.6. The third-order valence-corrected chi connectivity index (χ3v) is 9.04. The van der Waals surface area contributed by atoms with Crippen molar-refractivity contribution < 1.29 is 26.0 Å². The molecule has 3 rings (SSSR count). The van der Waals surface area contributed by atoms with Crippen molar-refractivity contribution in [2.45, 2.75) is 43.3 Å². The minimum absolute atomic E-state index is 0.128. The number of sulfone groups is 1. The van der Waals surface area contributed by atoms with Gasteiger partial charge in [0.1, 0.15) is 0 Å². The Labute approximate surface area is 219 Å². The average Bonchev–Trinajstić information content (AvgIpc) is 2.82. The van der Waals surface area contributed by atoms with Gasteiger partial charge in [-0.1, -0.05) is 30.3 Å². The van der Waals surface area contributed by atoms with Gasteiger partial charge in [0.15, 0.2) is 15.5 Å². The third-order valence-electron chi connectivity index (χ3n) is 6.43. The van der Waals surface area contributed by atoms with E-state index in [0.717, 1.165) is 28.5 Å². The third kappa shape index (κ3) is 6.77. The quantitative estimate of drug-likeness (QED) is 0.540. The van der Waals surface area contributed by atoms with Gasteiger partial charge in [-0.05, 0) is 43.2 Å². The van der Waals surface area contributed by atoms with Crippen molar-refractivity contribution in [2.24, 2.45) is 0 Å². The first-order chi connectivity index (χ1) is 17.1. The Balaban J connectivity index is 1.84. The van der Waals surface area contributed by atoms with Crippen molar-refractivity contribution in [3.8, 4) is 11.1 Å². The number of hydrogen-bond acceptors (Lipinski definition) is 6. The largest absolute Gasteiger partial charge is 0.378 e. The van der Waals surface area contributed by atoms with Crippen LogP contribution in [-0.4, -0.2) is 72.2 Å². The van der Waals surface area contributed by atoms with Gasteiger partial charge in [0.2, 0.25) is 10.0 Å². The van der Waals surface area contributed by atoms with E-state index in [0.29, 0.717) is 5.56 Å². The van der Waals surface area contributed by atoms with Crippen molar-refractivity contribution in [1.82, 2.24) is 9.62 Å². The molecule has 0 bridgehead atoms. The van der Waals surface area contributed by atoms with Crippen LogP contribution in [0, 0.1) is 6.92 Å². The number of alkyl halides is 1. The smallest absolute Gasteiger partial charge is 0.258 e. The van der Waals surface area contributed by atoms with Crippen LogP contribution in [-0.2, 0) is 24.7 Å². The summed E-state index contributed by atoms with van der Waals surface area (Å²) in [6.07, 6.45) is 1.66. The van der Waals surface area contributed by atoms with Gasteiger partial charge < -0.3 is 10.2 Å². The molecule has 37 heavy (non-hydrogen) atoms. The number of nitrogens with one attached hydrogen (secondary N) is 1. The van der Waals surface area contributed by atoms with Crippen LogP contribution in [0.4, 0.5) is 10.1 Å². The topological polar surface area (TPSA) is 104 Å². The zero-order valence-electron chi connectivity index (χ0n) is 21.7. The van der Waals surface area contributed by atoms with E-state index < -0.39 is 37.5 Å². The summed E-state index contributed by atoms with van der Waals surface area (Å²) >= 11 is 0. The maximum absolute atomic E-state index is 15.5. The van der Waals surface area contributed by atoms with Gasteiger partial charge in [0.25, 0.3) is 5.91 Å². The first-order valence-corrected chi connectivity index (χ1v) is 15.3. The van der Waals surface area contributed by atoms with Crippen molar-refractivity contribution in [2.75, 3.05) is 38.3 Å². The molecule has 1 aliphatic rings. The van der Waals surface area contributed by atoms with E-state index in [2.05, 4.69) is 5.32 Å². The van der Waals surface area contributed by atoms with Gasteiger partial charge in [0.05, 0.1) is 4.90 Å². The number of hydrogen-bond donors (Lipinski definition) is 1. The van der Waals surface area contributed by atoms with Crippen LogP contribution in [0.5, 0.6) is 0 Å². The van der Waals surface area contributed by atoms with Crippen LogP contribution in [0.3, 0.4) is 0 Å². The highest BCUT2D eigenvalue weighted by molar-refractivity contribution is 7.93. The number of rotatable bonds is 8. The molecule has 0 aliphatic carbocycles. The first kappa shape index (κ1) is 28.8. The fourth-order valence-corrected chi connectivity index (χ4v) is 6.35. The van der Waals surface area contributed by atoms with Gasteiger partial charge in [0, 0.05) is 69.0 Å². The van der Waals surface area contributed by atoms with Crippen LogP contribution in [0.2, 0.25) is 0 Å². The lowest BCUT2D eigenvalue weighted by Crippen LogP contribution is -2.53. The molecule has 1 N–H and O–H groups in total. The predicted molar refractivity (Wildman–Crippen MR) is 144 cm³/mol. The van der Waals surface area contributed by atoms with Gasteiger partial charge in [-0.2, -0.15) is 4.31 Å². The lowest BCUT2D eigenvalue weighted by Gasteiger charge is -2.35. The van der Waals surface area contributed by atoms with Gasteiger partial charge in [-0.3, -0.25) is 4.79 Å². The summed E-state index contributed by atoms with van der Waals surface area (Å²) in [5.74, 6) is -0.883. The molecule has 1 atom stereocenters. The van der Waals surface area contributed by atoms with E-state index in [1.165, 1.54) is 17.3 Å². The Kier molecular flexibility index (Phi) is 8.50. The number of nitrogens with zero attached hydrogens (tertiary/aromatic N) is 2. The van der Waals surface area contributed by atoms with Crippen molar-refractivity contribution in [3.05, 3.63) is 59.5 Å². The first-order valence-electron chi connectivity index (χ1n) is 11.9. The van der Waals surface area contributed by atoms with Crippen molar-refractivity contribution >= 4 is 31.5 Å². The molecular formula is C26H34FN3O5S2. The lowest BCUT2D eigenvalue weighted by atomic mass is 9.93. The zero-order chi connectivity index (χ0) is 27.6. The number of benzene rings is 2. The number of piperidine rings is 1. The molecule has 1 amide bonds. The lowest BCUT2D eigenvalue weighted by molar-refractivity contribution is -0.135. The fraction of sp³-hybridized carbons (Fsp3) is 0.423. The van der Waals surface area contributed by atoms with Crippen LogP contribution in [0.25, 0.3) is 11.1 Å². The monoisotopic (exact) mass is 551 g/mol. The number of carbonyl (C=O) groups excluding carboxylic acids is 1. The Morgan fingerprint density at radius 3 is 2.27 bits per heavy atom. The highest BCUT2D eigenvalue weighted by Crippen LogP contribution is 2.37. The average molecular weight is 552 g/mol. The molecule has 2 aromatic rings. The van der Waals surface area contributed by atoms with E-state index in [1.54, 1.807) is 12.1 Å². The summed E-state index contributed by atoms with van der Waals surface area (Å²) in [7, 11) is -3.62. The molecule has 8 nitrogen and oxygen atoms in total. The number of anilines is 1. The summed E-state index contributed by atoms with van der Waals surface area (Å²) in [6.45, 7) is 3.12. The molecule has 1 fully saturated rings. The summed E-state index contributed by atoms with van der Waals surface area (Å²) in [5, 5.41) is 3.41. The fourth-order valence-electron chi connectivity index (χ4n) is 4.20. The molecule has 11 heteroatoms. The minimum atomic E-state index is -3.99. The number of carbonyl (C=O) groups is 1. The molecule has 0 saturated carbocycles. The molecule has 1 saturated heterocycles. The number of halogens is 1. The van der Waals surface area contributed by atoms with Gasteiger partial charge in [-0.15, -0.1) is 0 Å². The van der Waals surface area contributed by atoms with E-state index in [1.807, 2.05) is 56.3 Å². The van der Waals surface area contributed by atoms with E-state index in [-0.39, 0.29) is 30.8 Å². The van der Waals surface area contributed by atoms with Crippen LogP contribution in [0.1, 0.15) is 25.3 Å². The maximum atomic E-state index is 15.5. The van der Waals surface area contributed by atoms with E-state index in [4.69, 9.17) is 0 Å². The van der Waals surface area contributed by atoms with Gasteiger partial charge >= 0.3 is 0 Å².